The van der Waals surface area contributed by atoms with Crippen molar-refractivity contribution in [3.05, 3.63) is 42.0 Å². The lowest BCUT2D eigenvalue weighted by Crippen LogP contribution is -2.55. The summed E-state index contributed by atoms with van der Waals surface area (Å²) in [6, 6.07) is 10.6. The zero-order chi connectivity index (χ0) is 27.5. The average Bonchev–Trinajstić information content (AvgIpc) is 3.66. The molecule has 1 atom stereocenters. The summed E-state index contributed by atoms with van der Waals surface area (Å²) in [7, 11) is -3.77. The normalized spacial score (nSPS) is 24.9. The number of hydroxylamine groups is 1. The minimum absolute atomic E-state index is 0.118. The van der Waals surface area contributed by atoms with Crippen LogP contribution in [0.3, 0.4) is 0 Å². The van der Waals surface area contributed by atoms with E-state index in [2.05, 4.69) is 23.1 Å². The van der Waals surface area contributed by atoms with Gasteiger partial charge in [0.05, 0.1) is 24.4 Å². The Morgan fingerprint density at radius 3 is 2.44 bits per heavy atom. The fourth-order valence-electron chi connectivity index (χ4n) is 6.14. The maximum atomic E-state index is 13.5. The van der Waals surface area contributed by atoms with Crippen molar-refractivity contribution < 1.29 is 32.7 Å². The zero-order valence-corrected chi connectivity index (χ0v) is 23.0. The van der Waals surface area contributed by atoms with Crippen molar-refractivity contribution in [3.63, 3.8) is 0 Å². The van der Waals surface area contributed by atoms with E-state index in [0.717, 1.165) is 25.9 Å². The topological polar surface area (TPSA) is 129 Å². The number of nitrogens with one attached hydrogen (secondary N) is 1. The summed E-state index contributed by atoms with van der Waals surface area (Å²) in [5.41, 5.74) is 2.88. The summed E-state index contributed by atoms with van der Waals surface area (Å²) >= 11 is 0. The van der Waals surface area contributed by atoms with Crippen LogP contribution in [0.15, 0.2) is 36.4 Å². The number of likely N-dealkylation sites (tertiary alicyclic amines) is 1. The Balaban J connectivity index is 1.15. The minimum atomic E-state index is -3.77. The van der Waals surface area contributed by atoms with Crippen molar-refractivity contribution in [2.75, 3.05) is 58.2 Å². The molecule has 0 saturated carbocycles. The smallest absolute Gasteiger partial charge is 0.410 e. The second-order valence-corrected chi connectivity index (χ2v) is 13.0. The molecule has 4 heterocycles. The first-order valence-electron chi connectivity index (χ1n) is 13.7. The van der Waals surface area contributed by atoms with Crippen LogP contribution < -0.4 is 5.48 Å². The van der Waals surface area contributed by atoms with Crippen molar-refractivity contribution in [1.82, 2.24) is 19.6 Å². The fraction of sp³-hybridized carbons (Fsp3) is 0.630. The summed E-state index contributed by atoms with van der Waals surface area (Å²) < 4.78 is 39.2. The molecule has 12 heteroatoms. The Bertz CT molecular complexity index is 1150. The molecule has 3 fully saturated rings. The Hall–Kier alpha value is -2.51. The number of hydrogen-bond acceptors (Lipinski definition) is 8. The van der Waals surface area contributed by atoms with Crippen LogP contribution in [0.4, 0.5) is 4.79 Å². The molecule has 0 bridgehead atoms. The summed E-state index contributed by atoms with van der Waals surface area (Å²) in [5.74, 6) is -1.13. The second-order valence-electron chi connectivity index (χ2n) is 11.0. The van der Waals surface area contributed by atoms with Crippen molar-refractivity contribution in [2.45, 2.75) is 44.2 Å². The van der Waals surface area contributed by atoms with Crippen LogP contribution in [0.2, 0.25) is 0 Å². The molecular formula is C27H38N4O7S. The molecule has 2 N–H and O–H groups in total. The van der Waals surface area contributed by atoms with Gasteiger partial charge in [0.2, 0.25) is 10.0 Å². The van der Waals surface area contributed by atoms with Gasteiger partial charge in [0, 0.05) is 51.7 Å². The molecule has 0 aliphatic carbocycles. The predicted octanol–water partition coefficient (Wildman–Crippen LogP) is 1.69. The van der Waals surface area contributed by atoms with Gasteiger partial charge in [-0.2, -0.15) is 0 Å². The number of nitrogens with zero attached hydrogens (tertiary/aromatic N) is 3. The van der Waals surface area contributed by atoms with Crippen molar-refractivity contribution >= 4 is 27.6 Å². The quantitative estimate of drug-likeness (QED) is 0.380. The molecule has 0 unspecified atom stereocenters. The molecule has 0 spiro atoms. The van der Waals surface area contributed by atoms with Crippen molar-refractivity contribution in [1.29, 1.82) is 0 Å². The second kappa shape index (κ2) is 11.9. The first-order chi connectivity index (χ1) is 18.8. The lowest BCUT2D eigenvalue weighted by Gasteiger charge is -2.41. The molecule has 11 nitrogen and oxygen atoms in total. The van der Waals surface area contributed by atoms with Crippen LogP contribution in [0.25, 0.3) is 5.57 Å². The van der Waals surface area contributed by atoms with E-state index >= 15 is 0 Å². The molecule has 4 aliphatic heterocycles. The molecule has 5 rings (SSSR count). The number of amides is 2. The summed E-state index contributed by atoms with van der Waals surface area (Å²) in [5, 5.41) is 9.45. The largest absolute Gasteiger partial charge is 0.444 e. The highest BCUT2D eigenvalue weighted by Gasteiger charge is 2.47. The standard InChI is InChI=1S/C27H38N4O7S/c32-25(28-34)27(10-15-29(16-11-27)26(33)38-24-9-17-37-19-24)20-39(35,36)31-13-7-23(8-14-31)30-12-6-22(18-30)21-4-2-1-3-5-21/h1-6,23-24,34H,7-20H2,(H,28,32)/t24-/m0/s1. The van der Waals surface area contributed by atoms with Crippen LogP contribution >= 0.6 is 0 Å². The Morgan fingerprint density at radius 1 is 1.08 bits per heavy atom. The zero-order valence-electron chi connectivity index (χ0n) is 22.2. The van der Waals surface area contributed by atoms with Gasteiger partial charge < -0.3 is 14.4 Å². The van der Waals surface area contributed by atoms with Gasteiger partial charge in [0.25, 0.3) is 5.91 Å². The number of carbonyl (C=O) groups is 2. The van der Waals surface area contributed by atoms with E-state index in [0.29, 0.717) is 38.8 Å². The highest BCUT2D eigenvalue weighted by atomic mass is 32.2. The molecule has 1 aromatic rings. The molecular weight excluding hydrogens is 524 g/mol. The van der Waals surface area contributed by atoms with Crippen LogP contribution in [-0.4, -0.2) is 110 Å². The van der Waals surface area contributed by atoms with Crippen molar-refractivity contribution in [2.24, 2.45) is 5.41 Å². The van der Waals surface area contributed by atoms with Crippen molar-refractivity contribution in [3.8, 4) is 0 Å². The Morgan fingerprint density at radius 2 is 1.79 bits per heavy atom. The van der Waals surface area contributed by atoms with Gasteiger partial charge in [-0.1, -0.05) is 36.4 Å². The number of benzene rings is 1. The maximum absolute atomic E-state index is 13.5. The van der Waals surface area contributed by atoms with Crippen LogP contribution in [0.1, 0.15) is 37.7 Å². The summed E-state index contributed by atoms with van der Waals surface area (Å²) in [6.07, 6.45) is 3.81. The van der Waals surface area contributed by atoms with E-state index in [1.807, 2.05) is 18.2 Å². The molecule has 214 valence electrons. The number of carbonyl (C=O) groups excluding carboxylic acids is 2. The van der Waals surface area contributed by atoms with Gasteiger partial charge in [-0.25, -0.2) is 23.0 Å². The van der Waals surface area contributed by atoms with Gasteiger partial charge in [-0.15, -0.1) is 0 Å². The number of sulfonamides is 1. The molecule has 1 aromatic carbocycles. The number of ether oxygens (including phenoxy) is 2. The number of rotatable bonds is 7. The third kappa shape index (κ3) is 6.30. The predicted molar refractivity (Wildman–Crippen MR) is 143 cm³/mol. The van der Waals surface area contributed by atoms with Crippen LogP contribution in [-0.2, 0) is 24.3 Å². The van der Waals surface area contributed by atoms with Gasteiger partial charge in [-0.05, 0) is 36.8 Å². The van der Waals surface area contributed by atoms with E-state index in [-0.39, 0.29) is 32.0 Å². The molecule has 4 aliphatic rings. The third-order valence-electron chi connectivity index (χ3n) is 8.60. The van der Waals surface area contributed by atoms with Gasteiger partial charge in [-0.3, -0.25) is 14.9 Å². The average molecular weight is 563 g/mol. The lowest BCUT2D eigenvalue weighted by molar-refractivity contribution is -0.141. The van der Waals surface area contributed by atoms with E-state index in [4.69, 9.17) is 9.47 Å². The first-order valence-corrected chi connectivity index (χ1v) is 15.3. The first kappa shape index (κ1) is 28.0. The number of piperidine rings is 2. The maximum Gasteiger partial charge on any atom is 0.410 e. The van der Waals surface area contributed by atoms with E-state index < -0.39 is 33.2 Å². The lowest BCUT2D eigenvalue weighted by atomic mass is 9.79. The highest BCUT2D eigenvalue weighted by molar-refractivity contribution is 7.89. The van der Waals surface area contributed by atoms with E-state index in [1.54, 1.807) is 5.48 Å². The van der Waals surface area contributed by atoms with Gasteiger partial charge in [0.15, 0.2) is 0 Å². The third-order valence-corrected chi connectivity index (χ3v) is 10.7. The van der Waals surface area contributed by atoms with E-state index in [1.165, 1.54) is 20.3 Å². The molecule has 2 amide bonds. The minimum Gasteiger partial charge on any atom is -0.444 e. The van der Waals surface area contributed by atoms with E-state index in [9.17, 15) is 23.2 Å². The highest BCUT2D eigenvalue weighted by Crippen LogP contribution is 2.36. The monoisotopic (exact) mass is 562 g/mol. The Kier molecular flexibility index (Phi) is 8.57. The van der Waals surface area contributed by atoms with Crippen LogP contribution in [0.5, 0.6) is 0 Å². The summed E-state index contributed by atoms with van der Waals surface area (Å²) in [4.78, 5) is 29.2. The summed E-state index contributed by atoms with van der Waals surface area (Å²) in [6.45, 7) is 3.75. The van der Waals surface area contributed by atoms with Gasteiger partial charge >= 0.3 is 6.09 Å². The van der Waals surface area contributed by atoms with Crippen LogP contribution in [0, 0.1) is 5.41 Å². The SMILES string of the molecule is O=C(O[C@H]1CCOC1)N1CCC(CS(=O)(=O)N2CCC(N3CC=C(c4ccccc4)C3)CC2)(C(=O)NO)CC1. The molecule has 0 aromatic heterocycles. The molecule has 3 saturated heterocycles. The Labute approximate surface area is 229 Å². The molecule has 0 radical (unpaired) electrons. The fourth-order valence-corrected chi connectivity index (χ4v) is 8.20. The molecule has 39 heavy (non-hydrogen) atoms. The number of hydrogen-bond donors (Lipinski definition) is 2. The van der Waals surface area contributed by atoms with Gasteiger partial charge in [0.1, 0.15) is 6.10 Å².